The van der Waals surface area contributed by atoms with Crippen LogP contribution in [0.15, 0.2) is 0 Å². The van der Waals surface area contributed by atoms with Crippen molar-refractivity contribution in [3.8, 4) is 0 Å². The molecule has 0 aromatic rings. The molecule has 12 atom stereocenters. The molecule has 0 aromatic carbocycles. The Morgan fingerprint density at radius 2 is 1.79 bits per heavy atom. The normalized spacial score (nSPS) is 45.6. The Kier molecular flexibility index (Phi) is 9.70. The van der Waals surface area contributed by atoms with Crippen molar-refractivity contribution in [2.24, 2.45) is 17.8 Å². The van der Waals surface area contributed by atoms with Crippen LogP contribution in [0.2, 0.25) is 0 Å². The summed E-state index contributed by atoms with van der Waals surface area (Å²) in [7, 11) is 3.38. The van der Waals surface area contributed by atoms with Crippen molar-refractivity contribution >= 4 is 46.8 Å². The van der Waals surface area contributed by atoms with Gasteiger partial charge in [-0.25, -0.2) is 0 Å². The van der Waals surface area contributed by atoms with Gasteiger partial charge in [-0.15, -0.1) is 35.0 Å². The SMILES string of the molecule is COC1CC(Cl)CC(C(=O)N2CC3NC(NC(=O)C4CNC(C)CC4C4CC(Cl)NCC4OC)SC3C2)N1. The molecule has 0 bridgehead atoms. The van der Waals surface area contributed by atoms with E-state index in [1.165, 1.54) is 0 Å². The highest BCUT2D eigenvalue weighted by atomic mass is 35.5. The number of ether oxygens (including phenoxy) is 2. The van der Waals surface area contributed by atoms with Gasteiger partial charge in [0.1, 0.15) is 11.7 Å². The number of nitrogens with zero attached hydrogens (tertiary/aromatic N) is 1. The van der Waals surface area contributed by atoms with Crippen molar-refractivity contribution in [3.05, 3.63) is 0 Å². The van der Waals surface area contributed by atoms with Gasteiger partial charge in [-0.3, -0.25) is 25.5 Å². The molecule has 5 aliphatic rings. The van der Waals surface area contributed by atoms with Gasteiger partial charge in [-0.05, 0) is 38.0 Å². The zero-order valence-corrected chi connectivity index (χ0v) is 24.7. The van der Waals surface area contributed by atoms with Crippen LogP contribution in [-0.4, -0.2) is 109 Å². The largest absolute Gasteiger partial charge is 0.380 e. The Labute approximate surface area is 239 Å². The first-order valence-electron chi connectivity index (χ1n) is 13.8. The fraction of sp³-hybridized carbons (Fsp3) is 0.920. The van der Waals surface area contributed by atoms with Gasteiger partial charge in [0.15, 0.2) is 0 Å². The molecule has 5 heterocycles. The molecule has 2 amide bonds. The molecule has 13 heteroatoms. The number of fused-ring (bicyclic) bond motifs is 1. The van der Waals surface area contributed by atoms with Crippen LogP contribution < -0.4 is 26.6 Å². The van der Waals surface area contributed by atoms with E-state index < -0.39 is 0 Å². The molecule has 12 unspecified atom stereocenters. The van der Waals surface area contributed by atoms with Gasteiger partial charge in [-0.1, -0.05) is 0 Å². The predicted molar refractivity (Wildman–Crippen MR) is 149 cm³/mol. The summed E-state index contributed by atoms with van der Waals surface area (Å²) in [5, 5.41) is 17.1. The molecular formula is C25H42Cl2N6O4S. The number of nitrogens with one attached hydrogen (secondary N) is 5. The topological polar surface area (TPSA) is 116 Å². The highest BCUT2D eigenvalue weighted by Gasteiger charge is 2.47. The van der Waals surface area contributed by atoms with Crippen LogP contribution in [0, 0.1) is 17.8 Å². The second-order valence-electron chi connectivity index (χ2n) is 11.5. The van der Waals surface area contributed by atoms with Gasteiger partial charge >= 0.3 is 0 Å². The highest BCUT2D eigenvalue weighted by molar-refractivity contribution is 8.00. The minimum absolute atomic E-state index is 0.0457. The van der Waals surface area contributed by atoms with E-state index in [-0.39, 0.29) is 75.6 Å². The number of likely N-dealkylation sites (tertiary alicyclic amines) is 1. The second kappa shape index (κ2) is 12.7. The summed E-state index contributed by atoms with van der Waals surface area (Å²) in [5.41, 5.74) is -0.267. The van der Waals surface area contributed by atoms with Crippen LogP contribution in [-0.2, 0) is 19.1 Å². The van der Waals surface area contributed by atoms with Gasteiger partial charge < -0.3 is 25.0 Å². The second-order valence-corrected chi connectivity index (χ2v) is 13.9. The molecule has 5 fully saturated rings. The van der Waals surface area contributed by atoms with Crippen molar-refractivity contribution in [3.63, 3.8) is 0 Å². The number of amides is 2. The molecule has 38 heavy (non-hydrogen) atoms. The maximum atomic E-state index is 13.6. The maximum Gasteiger partial charge on any atom is 0.239 e. The molecule has 5 N–H and O–H groups in total. The minimum Gasteiger partial charge on any atom is -0.380 e. The molecule has 5 rings (SSSR count). The summed E-state index contributed by atoms with van der Waals surface area (Å²) in [6, 6.07) is 0.161. The van der Waals surface area contributed by atoms with E-state index in [0.717, 1.165) is 12.8 Å². The first-order chi connectivity index (χ1) is 18.2. The first-order valence-corrected chi connectivity index (χ1v) is 15.6. The van der Waals surface area contributed by atoms with Gasteiger partial charge in [0.25, 0.3) is 0 Å². The van der Waals surface area contributed by atoms with Crippen LogP contribution in [0.25, 0.3) is 0 Å². The third kappa shape index (κ3) is 6.41. The average molecular weight is 594 g/mol. The fourth-order valence-corrected chi connectivity index (χ4v) is 8.99. The van der Waals surface area contributed by atoms with E-state index >= 15 is 0 Å². The standard InChI is InChI=1S/C25H42Cl2N6O4S/c1-12-4-14(15-7-21(27)29-9-19(15)36-2)16(8-28-12)23(34)32-25-31-18-10-33(11-20(18)38-25)24(35)17-5-13(26)6-22(30-17)37-3/h12-22,25,28-31H,4-11H2,1-3H3,(H,32,34). The summed E-state index contributed by atoms with van der Waals surface area (Å²) in [4.78, 5) is 28.7. The van der Waals surface area contributed by atoms with Crippen molar-refractivity contribution < 1.29 is 19.1 Å². The zero-order chi connectivity index (χ0) is 27.0. The van der Waals surface area contributed by atoms with E-state index in [2.05, 4.69) is 33.5 Å². The van der Waals surface area contributed by atoms with Crippen molar-refractivity contribution in [2.45, 2.75) is 84.7 Å². The van der Waals surface area contributed by atoms with Crippen molar-refractivity contribution in [1.82, 2.24) is 31.5 Å². The summed E-state index contributed by atoms with van der Waals surface area (Å²) in [6.07, 6.45) is 2.85. The van der Waals surface area contributed by atoms with Gasteiger partial charge in [0.05, 0.1) is 23.6 Å². The van der Waals surface area contributed by atoms with Gasteiger partial charge in [0.2, 0.25) is 11.8 Å². The summed E-state index contributed by atoms with van der Waals surface area (Å²) in [6.45, 7) is 4.81. The minimum atomic E-state index is -0.327. The smallest absolute Gasteiger partial charge is 0.239 e. The van der Waals surface area contributed by atoms with Crippen LogP contribution >= 0.6 is 35.0 Å². The average Bonchev–Trinajstić information content (AvgIpc) is 3.46. The molecule has 216 valence electrons. The number of thioether (sulfide) groups is 1. The Bertz CT molecular complexity index is 849. The number of hydrogen-bond acceptors (Lipinski definition) is 9. The molecule has 0 saturated carbocycles. The summed E-state index contributed by atoms with van der Waals surface area (Å²) >= 11 is 14.6. The lowest BCUT2D eigenvalue weighted by Crippen LogP contribution is -2.58. The Hall–Kier alpha value is -0.370. The zero-order valence-electron chi connectivity index (χ0n) is 22.3. The van der Waals surface area contributed by atoms with Gasteiger partial charge in [0, 0.05) is 69.5 Å². The lowest BCUT2D eigenvalue weighted by Gasteiger charge is -2.45. The third-order valence-corrected chi connectivity index (χ3v) is 11.0. The molecule has 0 aromatic heterocycles. The summed E-state index contributed by atoms with van der Waals surface area (Å²) < 4.78 is 11.2. The number of hydrogen-bond donors (Lipinski definition) is 5. The molecular weight excluding hydrogens is 551 g/mol. The number of halogens is 2. The van der Waals surface area contributed by atoms with E-state index in [1.807, 2.05) is 4.90 Å². The Balaban J connectivity index is 1.15. The van der Waals surface area contributed by atoms with Gasteiger partial charge in [-0.2, -0.15) is 0 Å². The van der Waals surface area contributed by atoms with Crippen molar-refractivity contribution in [1.29, 1.82) is 0 Å². The third-order valence-electron chi connectivity index (χ3n) is 8.97. The number of methoxy groups -OCH3 is 2. The van der Waals surface area contributed by atoms with Crippen molar-refractivity contribution in [2.75, 3.05) is 40.4 Å². The Morgan fingerprint density at radius 3 is 2.53 bits per heavy atom. The molecule has 10 nitrogen and oxygen atoms in total. The quantitative estimate of drug-likeness (QED) is 0.221. The van der Waals surface area contributed by atoms with Crippen LogP contribution in [0.3, 0.4) is 0 Å². The Morgan fingerprint density at radius 1 is 0.974 bits per heavy atom. The lowest BCUT2D eigenvalue weighted by atomic mass is 9.70. The summed E-state index contributed by atoms with van der Waals surface area (Å²) in [5.74, 6) is 0.421. The number of carbonyl (C=O) groups is 2. The maximum absolute atomic E-state index is 13.6. The monoisotopic (exact) mass is 592 g/mol. The first kappa shape index (κ1) is 29.1. The van der Waals surface area contributed by atoms with E-state index in [9.17, 15) is 9.59 Å². The predicted octanol–water partition coefficient (Wildman–Crippen LogP) is 0.438. The fourth-order valence-electron chi connectivity index (χ4n) is 6.95. The number of carbonyl (C=O) groups excluding carboxylic acids is 2. The van der Waals surface area contributed by atoms with E-state index in [0.29, 0.717) is 45.1 Å². The van der Waals surface area contributed by atoms with E-state index in [4.69, 9.17) is 32.7 Å². The molecule has 0 spiro atoms. The van der Waals surface area contributed by atoms with E-state index in [1.54, 1.807) is 26.0 Å². The van der Waals surface area contributed by atoms with Crippen LogP contribution in [0.4, 0.5) is 0 Å². The molecule has 0 radical (unpaired) electrons. The highest BCUT2D eigenvalue weighted by Crippen LogP contribution is 2.38. The number of rotatable bonds is 6. The lowest BCUT2D eigenvalue weighted by molar-refractivity contribution is -0.135. The van der Waals surface area contributed by atoms with Crippen LogP contribution in [0.5, 0.6) is 0 Å². The molecule has 0 aliphatic carbocycles. The number of alkyl halides is 2. The molecule has 5 saturated heterocycles. The number of piperidine rings is 3. The molecule has 5 aliphatic heterocycles. The van der Waals surface area contributed by atoms with Crippen LogP contribution in [0.1, 0.15) is 32.6 Å².